The van der Waals surface area contributed by atoms with E-state index in [9.17, 15) is 4.79 Å². The van der Waals surface area contributed by atoms with Gasteiger partial charge in [-0.05, 0) is 43.7 Å². The average Bonchev–Trinajstić information content (AvgIpc) is 3.33. The van der Waals surface area contributed by atoms with Crippen LogP contribution in [0.3, 0.4) is 0 Å². The van der Waals surface area contributed by atoms with E-state index in [1.807, 2.05) is 28.8 Å². The predicted molar refractivity (Wildman–Crippen MR) is 90.8 cm³/mol. The average molecular weight is 315 g/mol. The summed E-state index contributed by atoms with van der Waals surface area (Å²) >= 11 is 0. The normalized spacial score (nSPS) is 20.3. The summed E-state index contributed by atoms with van der Waals surface area (Å²) in [6, 6.07) is 8.28. The van der Waals surface area contributed by atoms with Crippen molar-refractivity contribution in [1.29, 1.82) is 0 Å². The van der Waals surface area contributed by atoms with Gasteiger partial charge in [0.2, 0.25) is 0 Å². The van der Waals surface area contributed by atoms with E-state index in [4.69, 9.17) is 4.74 Å². The van der Waals surface area contributed by atoms with Crippen molar-refractivity contribution in [2.75, 3.05) is 32.8 Å². The number of piperidine rings is 1. The van der Waals surface area contributed by atoms with Crippen molar-refractivity contribution in [1.82, 2.24) is 14.5 Å². The number of H-pyrrole nitrogens is 1. The number of benzene rings is 1. The van der Waals surface area contributed by atoms with Crippen LogP contribution in [0.5, 0.6) is 0 Å². The van der Waals surface area contributed by atoms with Gasteiger partial charge in [-0.3, -0.25) is 4.57 Å². The lowest BCUT2D eigenvalue weighted by atomic mass is 10.0. The van der Waals surface area contributed by atoms with E-state index in [1.165, 1.54) is 12.8 Å². The molecule has 1 aromatic carbocycles. The third kappa shape index (κ3) is 3.35. The van der Waals surface area contributed by atoms with Gasteiger partial charge in [-0.2, -0.15) is 0 Å². The van der Waals surface area contributed by atoms with Crippen molar-refractivity contribution in [3.8, 4) is 0 Å². The molecule has 1 aliphatic heterocycles. The molecule has 2 fully saturated rings. The second kappa shape index (κ2) is 6.49. The van der Waals surface area contributed by atoms with Gasteiger partial charge in [0.15, 0.2) is 0 Å². The van der Waals surface area contributed by atoms with Gasteiger partial charge in [0.1, 0.15) is 0 Å². The molecule has 1 aromatic heterocycles. The molecule has 5 nitrogen and oxygen atoms in total. The smallest absolute Gasteiger partial charge is 0.326 e. The lowest BCUT2D eigenvalue weighted by Gasteiger charge is -2.32. The van der Waals surface area contributed by atoms with Crippen LogP contribution in [0.2, 0.25) is 0 Å². The van der Waals surface area contributed by atoms with Gasteiger partial charge in [0.25, 0.3) is 0 Å². The number of aromatic amines is 1. The first-order valence-corrected chi connectivity index (χ1v) is 8.80. The maximum atomic E-state index is 12.3. The number of hydrogen-bond acceptors (Lipinski definition) is 3. The monoisotopic (exact) mass is 315 g/mol. The summed E-state index contributed by atoms with van der Waals surface area (Å²) in [6.45, 7) is 4.89. The van der Waals surface area contributed by atoms with E-state index in [1.54, 1.807) is 0 Å². The third-order valence-electron chi connectivity index (χ3n) is 5.15. The number of nitrogens with one attached hydrogen (secondary N) is 1. The number of ether oxygens (including phenoxy) is 1. The molecule has 0 amide bonds. The van der Waals surface area contributed by atoms with Crippen LogP contribution in [0.1, 0.15) is 31.7 Å². The Balaban J connectivity index is 1.33. The fraction of sp³-hybridized carbons (Fsp3) is 0.611. The van der Waals surface area contributed by atoms with Gasteiger partial charge in [0, 0.05) is 32.3 Å². The number of rotatable bonds is 6. The highest BCUT2D eigenvalue weighted by Crippen LogP contribution is 2.29. The van der Waals surface area contributed by atoms with E-state index in [0.29, 0.717) is 6.04 Å². The first-order chi connectivity index (χ1) is 11.3. The minimum Gasteiger partial charge on any atom is -0.380 e. The van der Waals surface area contributed by atoms with E-state index in [-0.39, 0.29) is 5.69 Å². The third-order valence-corrected chi connectivity index (χ3v) is 5.15. The molecule has 5 heteroatoms. The minimum atomic E-state index is 0.0254. The Kier molecular flexibility index (Phi) is 4.23. The van der Waals surface area contributed by atoms with E-state index in [0.717, 1.165) is 62.6 Å². The number of aromatic nitrogens is 2. The molecular weight excluding hydrogens is 290 g/mol. The highest BCUT2D eigenvalue weighted by Gasteiger charge is 2.24. The Labute approximate surface area is 136 Å². The van der Waals surface area contributed by atoms with Crippen LogP contribution in [0.25, 0.3) is 11.0 Å². The molecule has 2 heterocycles. The zero-order chi connectivity index (χ0) is 15.6. The molecule has 0 spiro atoms. The maximum Gasteiger partial charge on any atom is 0.326 e. The Morgan fingerprint density at radius 1 is 1.13 bits per heavy atom. The second-order valence-electron chi connectivity index (χ2n) is 6.91. The summed E-state index contributed by atoms with van der Waals surface area (Å²) in [5.74, 6) is 0.842. The lowest BCUT2D eigenvalue weighted by molar-refractivity contribution is 0.0835. The SMILES string of the molecule is O=c1[nH]c2ccccc2n1C1CCN(CCOCC2CC2)CC1. The van der Waals surface area contributed by atoms with Gasteiger partial charge in [-0.25, -0.2) is 4.79 Å². The molecule has 23 heavy (non-hydrogen) atoms. The number of imidazole rings is 1. The Morgan fingerprint density at radius 3 is 2.70 bits per heavy atom. The second-order valence-corrected chi connectivity index (χ2v) is 6.91. The van der Waals surface area contributed by atoms with Gasteiger partial charge < -0.3 is 14.6 Å². The summed E-state index contributed by atoms with van der Waals surface area (Å²) < 4.78 is 7.69. The molecule has 1 saturated heterocycles. The van der Waals surface area contributed by atoms with Crippen LogP contribution in [-0.2, 0) is 4.74 Å². The molecule has 0 unspecified atom stereocenters. The zero-order valence-electron chi connectivity index (χ0n) is 13.5. The van der Waals surface area contributed by atoms with Crippen molar-refractivity contribution in [2.45, 2.75) is 31.7 Å². The molecule has 4 rings (SSSR count). The van der Waals surface area contributed by atoms with E-state index in [2.05, 4.69) is 9.88 Å². The topological polar surface area (TPSA) is 50.3 Å². The van der Waals surface area contributed by atoms with Crippen LogP contribution in [-0.4, -0.2) is 47.3 Å². The largest absolute Gasteiger partial charge is 0.380 e. The summed E-state index contributed by atoms with van der Waals surface area (Å²) in [5, 5.41) is 0. The number of fused-ring (bicyclic) bond motifs is 1. The van der Waals surface area contributed by atoms with E-state index < -0.39 is 0 Å². The maximum absolute atomic E-state index is 12.3. The van der Waals surface area contributed by atoms with Crippen molar-refractivity contribution >= 4 is 11.0 Å². The minimum absolute atomic E-state index is 0.0254. The first-order valence-electron chi connectivity index (χ1n) is 8.80. The van der Waals surface area contributed by atoms with Crippen molar-refractivity contribution < 1.29 is 4.74 Å². The van der Waals surface area contributed by atoms with Crippen molar-refractivity contribution in [3.05, 3.63) is 34.7 Å². The van der Waals surface area contributed by atoms with Crippen molar-refractivity contribution in [2.24, 2.45) is 5.92 Å². The zero-order valence-corrected chi connectivity index (χ0v) is 13.5. The summed E-state index contributed by atoms with van der Waals surface area (Å²) in [4.78, 5) is 17.7. The van der Waals surface area contributed by atoms with Crippen LogP contribution in [0.4, 0.5) is 0 Å². The van der Waals surface area contributed by atoms with Gasteiger partial charge >= 0.3 is 5.69 Å². The molecule has 2 aliphatic rings. The summed E-state index contributed by atoms with van der Waals surface area (Å²) in [6.07, 6.45) is 4.77. The molecule has 0 radical (unpaired) electrons. The highest BCUT2D eigenvalue weighted by atomic mass is 16.5. The van der Waals surface area contributed by atoms with Gasteiger partial charge in [-0.15, -0.1) is 0 Å². The Morgan fingerprint density at radius 2 is 1.91 bits per heavy atom. The number of likely N-dealkylation sites (tertiary alicyclic amines) is 1. The number of para-hydroxylation sites is 2. The molecule has 1 N–H and O–H groups in total. The van der Waals surface area contributed by atoms with Crippen molar-refractivity contribution in [3.63, 3.8) is 0 Å². The number of hydrogen-bond donors (Lipinski definition) is 1. The lowest BCUT2D eigenvalue weighted by Crippen LogP contribution is -2.38. The fourth-order valence-corrected chi connectivity index (χ4v) is 3.57. The van der Waals surface area contributed by atoms with Crippen LogP contribution in [0, 0.1) is 5.92 Å². The first kappa shape index (κ1) is 15.0. The molecular formula is C18H25N3O2. The molecule has 124 valence electrons. The molecule has 0 atom stereocenters. The summed E-state index contributed by atoms with van der Waals surface area (Å²) in [7, 11) is 0. The molecule has 1 aliphatic carbocycles. The van der Waals surface area contributed by atoms with Gasteiger partial charge in [-0.1, -0.05) is 12.1 Å². The van der Waals surface area contributed by atoms with Crippen LogP contribution >= 0.6 is 0 Å². The quantitative estimate of drug-likeness (QED) is 0.833. The molecule has 0 bridgehead atoms. The molecule has 1 saturated carbocycles. The fourth-order valence-electron chi connectivity index (χ4n) is 3.57. The van der Waals surface area contributed by atoms with Crippen LogP contribution in [0.15, 0.2) is 29.1 Å². The van der Waals surface area contributed by atoms with Crippen LogP contribution < -0.4 is 5.69 Å². The number of nitrogens with zero attached hydrogens (tertiary/aromatic N) is 2. The molecule has 2 aromatic rings. The Hall–Kier alpha value is -1.59. The predicted octanol–water partition coefficient (Wildman–Crippen LogP) is 2.39. The summed E-state index contributed by atoms with van der Waals surface area (Å²) in [5.41, 5.74) is 1.99. The van der Waals surface area contributed by atoms with Gasteiger partial charge in [0.05, 0.1) is 17.6 Å². The Bertz CT molecular complexity index is 708. The standard InChI is InChI=1S/C18H25N3O2/c22-18-19-16-3-1-2-4-17(16)21(18)15-7-9-20(10-8-15)11-12-23-13-14-5-6-14/h1-4,14-15H,5-13H2,(H,19,22). The highest BCUT2D eigenvalue weighted by molar-refractivity contribution is 5.75. The van der Waals surface area contributed by atoms with E-state index >= 15 is 0 Å².